The van der Waals surface area contributed by atoms with Crippen LogP contribution in [0.2, 0.25) is 5.02 Å². The fourth-order valence-corrected chi connectivity index (χ4v) is 5.64. The number of likely N-dealkylation sites (N-methyl/N-ethyl adjacent to an activating group) is 1. The Morgan fingerprint density at radius 3 is 2.48 bits per heavy atom. The molecule has 0 saturated carbocycles. The molecule has 0 aromatic carbocycles. The van der Waals surface area contributed by atoms with Crippen molar-refractivity contribution < 1.29 is 26.4 Å². The summed E-state index contributed by atoms with van der Waals surface area (Å²) in [5.41, 5.74) is -0.906. The van der Waals surface area contributed by atoms with Crippen LogP contribution in [0.1, 0.15) is 12.0 Å². The first-order valence-corrected chi connectivity index (χ1v) is 11.3. The van der Waals surface area contributed by atoms with Crippen LogP contribution in [-0.2, 0) is 20.8 Å². The van der Waals surface area contributed by atoms with E-state index in [0.29, 0.717) is 32.6 Å². The van der Waals surface area contributed by atoms with E-state index in [2.05, 4.69) is 4.98 Å². The quantitative estimate of drug-likeness (QED) is 0.687. The summed E-state index contributed by atoms with van der Waals surface area (Å²) in [7, 11) is -1.28. The Kier molecular flexibility index (Phi) is 6.30. The van der Waals surface area contributed by atoms with Gasteiger partial charge in [0.05, 0.1) is 28.6 Å². The molecule has 162 valence electrons. The molecule has 0 radical (unpaired) electrons. The van der Waals surface area contributed by atoms with E-state index in [1.807, 2.05) is 0 Å². The fraction of sp³-hybridized carbons (Fsp3) is 0.647. The lowest BCUT2D eigenvalue weighted by Gasteiger charge is -2.37. The average Bonchev–Trinajstić information content (AvgIpc) is 3.01. The summed E-state index contributed by atoms with van der Waals surface area (Å²) in [5, 5.41) is -0.0817. The van der Waals surface area contributed by atoms with Gasteiger partial charge < -0.3 is 9.80 Å². The molecule has 1 aromatic rings. The number of piperazine rings is 1. The van der Waals surface area contributed by atoms with Crippen LogP contribution in [-0.4, -0.2) is 86.4 Å². The van der Waals surface area contributed by atoms with Crippen molar-refractivity contribution in [2.75, 3.05) is 56.2 Å². The number of hydrogen-bond donors (Lipinski definition) is 0. The number of anilines is 1. The second-order valence-corrected chi connectivity index (χ2v) is 10.0. The van der Waals surface area contributed by atoms with Crippen molar-refractivity contribution in [3.63, 3.8) is 0 Å². The monoisotopic (exact) mass is 454 g/mol. The van der Waals surface area contributed by atoms with Crippen molar-refractivity contribution in [2.24, 2.45) is 0 Å². The third-order valence-electron chi connectivity index (χ3n) is 5.30. The normalized spacial score (nSPS) is 22.3. The molecule has 2 fully saturated rings. The molecule has 3 rings (SSSR count). The van der Waals surface area contributed by atoms with E-state index in [1.54, 1.807) is 21.7 Å². The van der Waals surface area contributed by atoms with Gasteiger partial charge in [0.15, 0.2) is 9.84 Å². The molecule has 0 aliphatic carbocycles. The molecule has 29 heavy (non-hydrogen) atoms. The molecule has 3 heterocycles. The Morgan fingerprint density at radius 2 is 1.97 bits per heavy atom. The van der Waals surface area contributed by atoms with E-state index in [4.69, 9.17) is 11.6 Å². The van der Waals surface area contributed by atoms with Crippen LogP contribution >= 0.6 is 11.6 Å². The minimum Gasteiger partial charge on any atom is -0.352 e. The number of carbonyl (C=O) groups is 1. The van der Waals surface area contributed by atoms with E-state index < -0.39 is 21.6 Å². The number of hydrogen-bond acceptors (Lipinski definition) is 6. The smallest absolute Gasteiger partial charge is 0.352 e. The van der Waals surface area contributed by atoms with Crippen molar-refractivity contribution in [2.45, 2.75) is 18.6 Å². The summed E-state index contributed by atoms with van der Waals surface area (Å²) in [6.07, 6.45) is -3.23. The van der Waals surface area contributed by atoms with E-state index in [-0.39, 0.29) is 40.8 Å². The largest absolute Gasteiger partial charge is 0.417 e. The molecular weight excluding hydrogens is 433 g/mol. The first kappa shape index (κ1) is 22.1. The van der Waals surface area contributed by atoms with Gasteiger partial charge in [-0.05, 0) is 19.5 Å². The Bertz CT molecular complexity index is 873. The Morgan fingerprint density at radius 1 is 1.31 bits per heavy atom. The van der Waals surface area contributed by atoms with Crippen LogP contribution in [0.15, 0.2) is 12.3 Å². The second kappa shape index (κ2) is 8.27. The number of rotatable bonds is 4. The second-order valence-electron chi connectivity index (χ2n) is 7.37. The van der Waals surface area contributed by atoms with E-state index in [1.165, 1.54) is 0 Å². The number of nitrogens with zero attached hydrogens (tertiary/aromatic N) is 4. The number of alkyl halides is 3. The number of pyridine rings is 1. The highest BCUT2D eigenvalue weighted by Gasteiger charge is 2.34. The number of amides is 1. The van der Waals surface area contributed by atoms with Crippen LogP contribution in [0.25, 0.3) is 0 Å². The third kappa shape index (κ3) is 5.32. The molecule has 0 bridgehead atoms. The minimum atomic E-state index is -4.51. The Hall–Kier alpha value is -1.59. The highest BCUT2D eigenvalue weighted by Crippen LogP contribution is 2.33. The predicted octanol–water partition coefficient (Wildman–Crippen LogP) is 1.52. The van der Waals surface area contributed by atoms with E-state index >= 15 is 0 Å². The molecule has 1 aromatic heterocycles. The van der Waals surface area contributed by atoms with Crippen molar-refractivity contribution in [1.82, 2.24) is 14.8 Å². The maximum atomic E-state index is 12.7. The molecule has 2 aliphatic heterocycles. The van der Waals surface area contributed by atoms with E-state index in [9.17, 15) is 26.4 Å². The summed E-state index contributed by atoms with van der Waals surface area (Å²) >= 11 is 5.99. The topological polar surface area (TPSA) is 73.8 Å². The van der Waals surface area contributed by atoms with Gasteiger partial charge in [0, 0.05) is 38.4 Å². The van der Waals surface area contributed by atoms with Gasteiger partial charge in [0.25, 0.3) is 0 Å². The molecular formula is C17H22ClF3N4O3S. The highest BCUT2D eigenvalue weighted by atomic mass is 35.5. The van der Waals surface area contributed by atoms with Crippen molar-refractivity contribution in [3.05, 3.63) is 22.8 Å². The summed E-state index contributed by atoms with van der Waals surface area (Å²) in [6.45, 7) is 1.68. The summed E-state index contributed by atoms with van der Waals surface area (Å²) in [6, 6.07) is 0.701. The van der Waals surface area contributed by atoms with Crippen LogP contribution < -0.4 is 4.90 Å². The first-order valence-electron chi connectivity index (χ1n) is 9.12. The molecule has 1 atom stereocenters. The van der Waals surface area contributed by atoms with Gasteiger partial charge >= 0.3 is 6.18 Å². The van der Waals surface area contributed by atoms with Crippen molar-refractivity contribution >= 4 is 33.2 Å². The molecule has 2 aliphatic rings. The third-order valence-corrected chi connectivity index (χ3v) is 7.33. The van der Waals surface area contributed by atoms with Gasteiger partial charge in [0.1, 0.15) is 5.82 Å². The molecule has 2 saturated heterocycles. The molecule has 0 spiro atoms. The van der Waals surface area contributed by atoms with Gasteiger partial charge in [-0.15, -0.1) is 0 Å². The van der Waals surface area contributed by atoms with Crippen LogP contribution in [0.3, 0.4) is 0 Å². The maximum absolute atomic E-state index is 12.7. The first-order chi connectivity index (χ1) is 13.5. The van der Waals surface area contributed by atoms with Gasteiger partial charge in [0.2, 0.25) is 5.91 Å². The lowest BCUT2D eigenvalue weighted by atomic mass is 10.2. The van der Waals surface area contributed by atoms with Crippen molar-refractivity contribution in [1.29, 1.82) is 0 Å². The lowest BCUT2D eigenvalue weighted by Crippen LogP contribution is -2.52. The van der Waals surface area contributed by atoms with Crippen LogP contribution in [0.5, 0.6) is 0 Å². The Balaban J connectivity index is 1.54. The molecule has 1 amide bonds. The zero-order valence-corrected chi connectivity index (χ0v) is 17.4. The maximum Gasteiger partial charge on any atom is 0.417 e. The molecule has 0 N–H and O–H groups in total. The summed E-state index contributed by atoms with van der Waals surface area (Å²) in [4.78, 5) is 21.6. The molecule has 12 heteroatoms. The number of halogens is 4. The Labute approximate surface area is 172 Å². The van der Waals surface area contributed by atoms with Gasteiger partial charge in [-0.2, -0.15) is 13.2 Å². The van der Waals surface area contributed by atoms with E-state index in [0.717, 1.165) is 12.3 Å². The van der Waals surface area contributed by atoms with Crippen LogP contribution in [0.4, 0.5) is 19.0 Å². The zero-order valence-electron chi connectivity index (χ0n) is 15.8. The minimum absolute atomic E-state index is 0.0721. The van der Waals surface area contributed by atoms with Crippen LogP contribution in [0, 0.1) is 0 Å². The van der Waals surface area contributed by atoms with Gasteiger partial charge in [-0.1, -0.05) is 11.6 Å². The standard InChI is InChI=1S/C17H22ClF3N4O3S/c1-23(13-2-7-29(27,28)11-13)10-15(26)24-3-5-25(6-4-24)16-14(18)8-12(9-22-16)17(19,20)21/h8-9,13H,2-7,10-11H2,1H3/t13-/m1/s1. The molecule has 0 unspecified atom stereocenters. The highest BCUT2D eigenvalue weighted by molar-refractivity contribution is 7.91. The zero-order chi connectivity index (χ0) is 21.4. The number of sulfone groups is 1. The average molecular weight is 455 g/mol. The fourth-order valence-electron chi connectivity index (χ4n) is 3.55. The summed E-state index contributed by atoms with van der Waals surface area (Å²) < 4.78 is 61.4. The summed E-state index contributed by atoms with van der Waals surface area (Å²) in [5.74, 6) is 0.376. The van der Waals surface area contributed by atoms with Gasteiger partial charge in [-0.3, -0.25) is 9.69 Å². The molecule has 7 nitrogen and oxygen atoms in total. The van der Waals surface area contributed by atoms with Crippen molar-refractivity contribution in [3.8, 4) is 0 Å². The van der Waals surface area contributed by atoms with Gasteiger partial charge in [-0.25, -0.2) is 13.4 Å². The predicted molar refractivity (Wildman–Crippen MR) is 103 cm³/mol. The lowest BCUT2D eigenvalue weighted by molar-refractivity contribution is -0.138. The SMILES string of the molecule is CN(CC(=O)N1CCN(c2ncc(C(F)(F)F)cc2Cl)CC1)[C@@H]1CCS(=O)(=O)C1. The number of carbonyl (C=O) groups excluding carboxylic acids is 1. The number of aromatic nitrogens is 1.